The Morgan fingerprint density at radius 1 is 1.50 bits per heavy atom. The molecule has 0 radical (unpaired) electrons. The summed E-state index contributed by atoms with van der Waals surface area (Å²) in [6.45, 7) is 9.74. The molecule has 0 aromatic carbocycles. The second kappa shape index (κ2) is 9.68. The fourth-order valence-corrected chi connectivity index (χ4v) is 1.67. The zero-order valence-electron chi connectivity index (χ0n) is 12.0. The van der Waals surface area contributed by atoms with E-state index >= 15 is 0 Å². The molecule has 0 bridgehead atoms. The predicted octanol–water partition coefficient (Wildman–Crippen LogP) is 1.67. The quantitative estimate of drug-likeness (QED) is 0.781. The lowest BCUT2D eigenvalue weighted by molar-refractivity contribution is 0.101. The zero-order valence-corrected chi connectivity index (χ0v) is 12.0. The van der Waals surface area contributed by atoms with Gasteiger partial charge in [-0.1, -0.05) is 38.7 Å². The second-order valence-corrected chi connectivity index (χ2v) is 3.65. The van der Waals surface area contributed by atoms with E-state index in [-0.39, 0.29) is 6.23 Å². The van der Waals surface area contributed by atoms with Crippen molar-refractivity contribution >= 4 is 12.2 Å². The van der Waals surface area contributed by atoms with E-state index < -0.39 is 0 Å². The van der Waals surface area contributed by atoms with Gasteiger partial charge < -0.3 is 15.5 Å². The molecule has 0 saturated heterocycles. The zero-order chi connectivity index (χ0) is 14.0. The van der Waals surface area contributed by atoms with Gasteiger partial charge in [-0.3, -0.25) is 0 Å². The van der Waals surface area contributed by atoms with E-state index in [4.69, 9.17) is 10.5 Å². The summed E-state index contributed by atoms with van der Waals surface area (Å²) in [5, 5.41) is 2.32. The third kappa shape index (κ3) is 4.90. The van der Waals surface area contributed by atoms with Gasteiger partial charge in [0.15, 0.2) is 0 Å². The van der Waals surface area contributed by atoms with Crippen LogP contribution in [0.3, 0.4) is 0 Å². The highest BCUT2D eigenvalue weighted by Gasteiger charge is 2.03. The summed E-state index contributed by atoms with van der Waals surface area (Å²) in [4.78, 5) is 3.23. The van der Waals surface area contributed by atoms with Gasteiger partial charge in [0.2, 0.25) is 0 Å². The first-order valence-electron chi connectivity index (χ1n) is 6.46. The van der Waals surface area contributed by atoms with E-state index in [2.05, 4.69) is 17.6 Å². The van der Waals surface area contributed by atoms with E-state index in [0.717, 1.165) is 18.2 Å². The third-order valence-electron chi connectivity index (χ3n) is 2.61. The highest BCUT2D eigenvalue weighted by atomic mass is 16.5. The predicted molar refractivity (Wildman–Crippen MR) is 79.5 cm³/mol. The van der Waals surface area contributed by atoms with Crippen molar-refractivity contribution in [1.82, 2.24) is 4.98 Å². The first-order valence-corrected chi connectivity index (χ1v) is 6.46. The molecule has 0 amide bonds. The highest BCUT2D eigenvalue weighted by molar-refractivity contribution is 5.40. The minimum Gasteiger partial charge on any atom is -0.367 e. The first-order chi connectivity index (χ1) is 8.72. The van der Waals surface area contributed by atoms with Gasteiger partial charge >= 0.3 is 0 Å². The van der Waals surface area contributed by atoms with Gasteiger partial charge in [-0.2, -0.15) is 0 Å². The van der Waals surface area contributed by atoms with Gasteiger partial charge in [0.05, 0.1) is 0 Å². The molecule has 18 heavy (non-hydrogen) atoms. The molecule has 0 aliphatic carbocycles. The summed E-state index contributed by atoms with van der Waals surface area (Å²) in [7, 11) is 1.63. The molecule has 3 heteroatoms. The summed E-state index contributed by atoms with van der Waals surface area (Å²) in [6, 6.07) is 0. The van der Waals surface area contributed by atoms with E-state index in [1.165, 1.54) is 10.8 Å². The summed E-state index contributed by atoms with van der Waals surface area (Å²) < 4.78 is 5.03. The highest BCUT2D eigenvalue weighted by Crippen LogP contribution is 1.98. The molecule has 102 valence electrons. The lowest BCUT2D eigenvalue weighted by Crippen LogP contribution is -2.27. The third-order valence-corrected chi connectivity index (χ3v) is 2.61. The number of aromatic nitrogens is 1. The van der Waals surface area contributed by atoms with Crippen LogP contribution in [0, 0.1) is 0 Å². The van der Waals surface area contributed by atoms with Crippen LogP contribution in [0.2, 0.25) is 0 Å². The van der Waals surface area contributed by atoms with Crippen LogP contribution in [0.25, 0.3) is 12.2 Å². The minimum atomic E-state index is -0.194. The number of hydrogen-bond acceptors (Lipinski definition) is 2. The van der Waals surface area contributed by atoms with Crippen molar-refractivity contribution in [2.24, 2.45) is 5.73 Å². The van der Waals surface area contributed by atoms with Crippen LogP contribution in [0.5, 0.6) is 0 Å². The molecule has 3 N–H and O–H groups in total. The lowest BCUT2D eigenvalue weighted by atomic mass is 10.1. The van der Waals surface area contributed by atoms with Gasteiger partial charge in [0, 0.05) is 23.9 Å². The molecular formula is C15H26N2O. The van der Waals surface area contributed by atoms with E-state index in [0.29, 0.717) is 0 Å². The number of aryl methyl sites for hydroxylation is 1. The summed E-state index contributed by atoms with van der Waals surface area (Å²) in [5.74, 6) is 0. The van der Waals surface area contributed by atoms with Gasteiger partial charge in [-0.25, -0.2) is 0 Å². The molecule has 1 rings (SSSR count). The first kappa shape index (κ1) is 16.7. The van der Waals surface area contributed by atoms with Crippen molar-refractivity contribution in [2.75, 3.05) is 7.11 Å². The Bertz CT molecular complexity index is 446. The molecular weight excluding hydrogens is 224 g/mol. The number of nitrogens with two attached hydrogens (primary N) is 1. The fourth-order valence-electron chi connectivity index (χ4n) is 1.67. The number of ether oxygens (including phenoxy) is 1. The maximum absolute atomic E-state index is 5.71. The Morgan fingerprint density at radius 2 is 2.17 bits per heavy atom. The number of aromatic amines is 1. The lowest BCUT2D eigenvalue weighted by Gasteiger charge is -2.07. The topological polar surface area (TPSA) is 51.0 Å². The van der Waals surface area contributed by atoms with Crippen LogP contribution < -0.4 is 16.3 Å². The normalized spacial score (nSPS) is 14.1. The SMILES string of the molecule is C=C/C=c1/c(CCC(N)OC)c[nH]/c1=C/C.CC. The molecule has 1 atom stereocenters. The van der Waals surface area contributed by atoms with Crippen LogP contribution >= 0.6 is 0 Å². The standard InChI is InChI=1S/C13H20N2O.C2H6/c1-4-6-11-10(7-8-13(14)16-3)9-15-12(11)5-2;1-2/h4-6,9,13,15H,1,7-8,14H2,2-3H3;1-2H3/b11-6-,12-5+;. The maximum atomic E-state index is 5.71. The molecule has 1 unspecified atom stereocenters. The fraction of sp³-hybridized carbons (Fsp3) is 0.467. The van der Waals surface area contributed by atoms with Crippen LogP contribution in [-0.4, -0.2) is 18.3 Å². The number of rotatable bonds is 5. The monoisotopic (exact) mass is 250 g/mol. The molecule has 0 saturated carbocycles. The average Bonchev–Trinajstić information content (AvgIpc) is 2.81. The number of H-pyrrole nitrogens is 1. The summed E-state index contributed by atoms with van der Waals surface area (Å²) in [5.41, 5.74) is 6.96. The van der Waals surface area contributed by atoms with Crippen LogP contribution in [0.1, 0.15) is 32.8 Å². The molecule has 0 aliphatic heterocycles. The summed E-state index contributed by atoms with van der Waals surface area (Å²) >= 11 is 0. The van der Waals surface area contributed by atoms with E-state index in [1.807, 2.05) is 33.0 Å². The Balaban J connectivity index is 0.00000137. The number of hydrogen-bond donors (Lipinski definition) is 2. The van der Waals surface area contributed by atoms with Gasteiger partial charge in [-0.05, 0) is 25.3 Å². The average molecular weight is 250 g/mol. The maximum Gasteiger partial charge on any atom is 0.105 e. The Hall–Kier alpha value is -1.32. The van der Waals surface area contributed by atoms with Crippen LogP contribution in [0.15, 0.2) is 18.9 Å². The molecule has 1 aromatic heterocycles. The van der Waals surface area contributed by atoms with Gasteiger partial charge in [0.1, 0.15) is 6.23 Å². The van der Waals surface area contributed by atoms with Crippen molar-refractivity contribution in [2.45, 2.75) is 39.8 Å². The largest absolute Gasteiger partial charge is 0.367 e. The van der Waals surface area contributed by atoms with E-state index in [1.54, 1.807) is 13.2 Å². The molecule has 1 heterocycles. The van der Waals surface area contributed by atoms with Gasteiger partial charge in [-0.15, -0.1) is 0 Å². The summed E-state index contributed by atoms with van der Waals surface area (Å²) in [6.07, 6.45) is 9.41. The second-order valence-electron chi connectivity index (χ2n) is 3.65. The van der Waals surface area contributed by atoms with Crippen molar-refractivity contribution in [3.63, 3.8) is 0 Å². The Labute approximate surface area is 110 Å². The number of nitrogens with one attached hydrogen (secondary N) is 1. The Kier molecular flexibility index (Phi) is 8.97. The van der Waals surface area contributed by atoms with Crippen molar-refractivity contribution < 1.29 is 4.74 Å². The molecule has 0 fully saturated rings. The van der Waals surface area contributed by atoms with Gasteiger partial charge in [0.25, 0.3) is 0 Å². The number of allylic oxidation sites excluding steroid dienone is 1. The number of methoxy groups -OCH3 is 1. The van der Waals surface area contributed by atoms with Crippen molar-refractivity contribution in [3.8, 4) is 0 Å². The Morgan fingerprint density at radius 3 is 2.67 bits per heavy atom. The molecule has 0 spiro atoms. The van der Waals surface area contributed by atoms with Crippen LogP contribution in [0.4, 0.5) is 0 Å². The molecule has 0 aliphatic rings. The smallest absolute Gasteiger partial charge is 0.105 e. The van der Waals surface area contributed by atoms with Crippen molar-refractivity contribution in [3.05, 3.63) is 35.0 Å². The minimum absolute atomic E-state index is 0.194. The van der Waals surface area contributed by atoms with Crippen LogP contribution in [-0.2, 0) is 11.2 Å². The molecule has 3 nitrogen and oxygen atoms in total. The molecule has 1 aromatic rings. The van der Waals surface area contributed by atoms with E-state index in [9.17, 15) is 0 Å². The van der Waals surface area contributed by atoms with Crippen molar-refractivity contribution in [1.29, 1.82) is 0 Å².